The number of nitrogens with zero attached hydrogens (tertiary/aromatic N) is 1. The molecule has 2 N–H and O–H groups in total. The van der Waals surface area contributed by atoms with Crippen LogP contribution in [0.3, 0.4) is 0 Å². The highest BCUT2D eigenvalue weighted by atomic mass is 15.2. The summed E-state index contributed by atoms with van der Waals surface area (Å²) >= 11 is 0. The first-order chi connectivity index (χ1) is 4.61. The van der Waals surface area contributed by atoms with E-state index in [1.54, 1.807) is 0 Å². The third kappa shape index (κ3) is 1.50. The summed E-state index contributed by atoms with van der Waals surface area (Å²) < 4.78 is 0. The van der Waals surface area contributed by atoms with E-state index in [4.69, 9.17) is 5.73 Å². The molecule has 0 aliphatic carbocycles. The molecule has 1 saturated heterocycles. The second-order valence-corrected chi connectivity index (χ2v) is 3.70. The van der Waals surface area contributed by atoms with E-state index in [1.807, 2.05) is 0 Å². The van der Waals surface area contributed by atoms with Crippen LogP contribution in [-0.4, -0.2) is 30.1 Å². The van der Waals surface area contributed by atoms with Crippen LogP contribution < -0.4 is 5.73 Å². The monoisotopic (exact) mass is 142 g/mol. The van der Waals surface area contributed by atoms with Crippen molar-refractivity contribution in [1.29, 1.82) is 0 Å². The number of rotatable bonds is 2. The van der Waals surface area contributed by atoms with Crippen molar-refractivity contribution in [1.82, 2.24) is 4.90 Å². The molecule has 0 amide bonds. The fraction of sp³-hybridized carbons (Fsp3) is 1.00. The molecular weight excluding hydrogens is 124 g/mol. The largest absolute Gasteiger partial charge is 0.325 e. The van der Waals surface area contributed by atoms with E-state index in [-0.39, 0.29) is 0 Å². The van der Waals surface area contributed by atoms with Gasteiger partial charge >= 0.3 is 0 Å². The topological polar surface area (TPSA) is 29.3 Å². The summed E-state index contributed by atoms with van der Waals surface area (Å²) in [5.41, 5.74) is 5.67. The Balaban J connectivity index is 2.24. The minimum absolute atomic E-state index is 0.446. The molecular formula is C8H18N2. The zero-order valence-corrected chi connectivity index (χ0v) is 7.17. The van der Waals surface area contributed by atoms with Gasteiger partial charge in [-0.1, -0.05) is 13.8 Å². The number of hydrogen-bond donors (Lipinski definition) is 1. The first-order valence-corrected chi connectivity index (χ1v) is 4.11. The Labute approximate surface area is 63.4 Å². The lowest BCUT2D eigenvalue weighted by atomic mass is 9.99. The maximum absolute atomic E-state index is 5.67. The molecule has 0 spiro atoms. The van der Waals surface area contributed by atoms with Crippen LogP contribution in [0.15, 0.2) is 0 Å². The van der Waals surface area contributed by atoms with Crippen LogP contribution in [0.5, 0.6) is 0 Å². The predicted molar refractivity (Wildman–Crippen MR) is 43.8 cm³/mol. The highest BCUT2D eigenvalue weighted by Gasteiger charge is 2.28. The molecule has 0 aromatic carbocycles. The molecule has 60 valence electrons. The lowest BCUT2D eigenvalue weighted by Gasteiger charge is -2.42. The molecule has 1 aliphatic heterocycles. The van der Waals surface area contributed by atoms with Crippen LogP contribution in [0, 0.1) is 5.92 Å². The molecule has 0 radical (unpaired) electrons. The molecule has 0 bridgehead atoms. The summed E-state index contributed by atoms with van der Waals surface area (Å²) in [5, 5.41) is 0. The van der Waals surface area contributed by atoms with Crippen molar-refractivity contribution in [2.45, 2.75) is 32.9 Å². The summed E-state index contributed by atoms with van der Waals surface area (Å²) in [6.07, 6.45) is 0. The van der Waals surface area contributed by atoms with Crippen LogP contribution in [-0.2, 0) is 0 Å². The van der Waals surface area contributed by atoms with E-state index in [2.05, 4.69) is 25.7 Å². The third-order valence-electron chi connectivity index (χ3n) is 2.48. The van der Waals surface area contributed by atoms with Crippen LogP contribution in [0.25, 0.3) is 0 Å². The van der Waals surface area contributed by atoms with E-state index >= 15 is 0 Å². The Kier molecular flexibility index (Phi) is 2.32. The summed E-state index contributed by atoms with van der Waals surface area (Å²) in [6, 6.07) is 1.15. The fourth-order valence-electron chi connectivity index (χ4n) is 1.30. The zero-order chi connectivity index (χ0) is 7.72. The van der Waals surface area contributed by atoms with Gasteiger partial charge in [-0.3, -0.25) is 4.90 Å². The van der Waals surface area contributed by atoms with Gasteiger partial charge in [0.15, 0.2) is 0 Å². The molecule has 0 aromatic heterocycles. The maximum Gasteiger partial charge on any atom is 0.0297 e. The van der Waals surface area contributed by atoms with Gasteiger partial charge in [0.2, 0.25) is 0 Å². The van der Waals surface area contributed by atoms with E-state index in [9.17, 15) is 0 Å². The quantitative estimate of drug-likeness (QED) is 0.614. The predicted octanol–water partition coefficient (Wildman–Crippen LogP) is 0.674. The van der Waals surface area contributed by atoms with Gasteiger partial charge in [0.25, 0.3) is 0 Å². The van der Waals surface area contributed by atoms with Crippen molar-refractivity contribution in [3.05, 3.63) is 0 Å². The first-order valence-electron chi connectivity index (χ1n) is 4.11. The molecule has 1 unspecified atom stereocenters. The summed E-state index contributed by atoms with van der Waals surface area (Å²) in [6.45, 7) is 8.98. The highest BCUT2D eigenvalue weighted by molar-refractivity contribution is 4.86. The van der Waals surface area contributed by atoms with Gasteiger partial charge in [0, 0.05) is 25.2 Å². The van der Waals surface area contributed by atoms with Crippen LogP contribution in [0.2, 0.25) is 0 Å². The highest BCUT2D eigenvalue weighted by Crippen LogP contribution is 2.16. The molecule has 1 heterocycles. The van der Waals surface area contributed by atoms with E-state index in [1.165, 1.54) is 0 Å². The molecule has 1 rings (SSSR count). The zero-order valence-electron chi connectivity index (χ0n) is 7.17. The lowest BCUT2D eigenvalue weighted by molar-refractivity contribution is 0.0782. The third-order valence-corrected chi connectivity index (χ3v) is 2.48. The maximum atomic E-state index is 5.67. The standard InChI is InChI=1S/C8H18N2/c1-6(2)7(3)10-4-8(9)5-10/h6-8H,4-5,9H2,1-3H3. The molecule has 0 aromatic rings. The van der Waals surface area contributed by atoms with Crippen LogP contribution in [0.4, 0.5) is 0 Å². The Morgan fingerprint density at radius 3 is 2.10 bits per heavy atom. The molecule has 2 heteroatoms. The Bertz CT molecular complexity index is 106. The molecule has 1 fully saturated rings. The molecule has 10 heavy (non-hydrogen) atoms. The normalized spacial score (nSPS) is 24.9. The van der Waals surface area contributed by atoms with Gasteiger partial charge in [-0.2, -0.15) is 0 Å². The average molecular weight is 142 g/mol. The summed E-state index contributed by atoms with van der Waals surface area (Å²) in [7, 11) is 0. The molecule has 1 atom stereocenters. The Morgan fingerprint density at radius 1 is 1.30 bits per heavy atom. The molecule has 2 nitrogen and oxygen atoms in total. The van der Waals surface area contributed by atoms with Crippen LogP contribution in [0.1, 0.15) is 20.8 Å². The number of hydrogen-bond acceptors (Lipinski definition) is 2. The Hall–Kier alpha value is -0.0800. The van der Waals surface area contributed by atoms with E-state index in [0.717, 1.165) is 19.0 Å². The van der Waals surface area contributed by atoms with Crippen molar-refractivity contribution < 1.29 is 0 Å². The summed E-state index contributed by atoms with van der Waals surface area (Å²) in [5.74, 6) is 0.757. The van der Waals surface area contributed by atoms with Gasteiger partial charge < -0.3 is 5.73 Å². The minimum atomic E-state index is 0.446. The molecule has 0 saturated carbocycles. The van der Waals surface area contributed by atoms with E-state index in [0.29, 0.717) is 12.1 Å². The van der Waals surface area contributed by atoms with Crippen LogP contribution >= 0.6 is 0 Å². The van der Waals surface area contributed by atoms with Crippen molar-refractivity contribution in [3.8, 4) is 0 Å². The second-order valence-electron chi connectivity index (χ2n) is 3.70. The van der Waals surface area contributed by atoms with Gasteiger partial charge in [-0.05, 0) is 12.8 Å². The van der Waals surface area contributed by atoms with Gasteiger partial charge in [-0.25, -0.2) is 0 Å². The summed E-state index contributed by atoms with van der Waals surface area (Å²) in [4.78, 5) is 2.44. The second kappa shape index (κ2) is 2.89. The van der Waals surface area contributed by atoms with Gasteiger partial charge in [0.1, 0.15) is 0 Å². The van der Waals surface area contributed by atoms with Crippen molar-refractivity contribution in [2.75, 3.05) is 13.1 Å². The molecule has 1 aliphatic rings. The first kappa shape index (κ1) is 8.02. The van der Waals surface area contributed by atoms with Crippen molar-refractivity contribution in [3.63, 3.8) is 0 Å². The Morgan fingerprint density at radius 2 is 1.80 bits per heavy atom. The van der Waals surface area contributed by atoms with Crippen molar-refractivity contribution >= 4 is 0 Å². The smallest absolute Gasteiger partial charge is 0.0297 e. The van der Waals surface area contributed by atoms with Gasteiger partial charge in [-0.15, -0.1) is 0 Å². The SMILES string of the molecule is CC(C)C(C)N1CC(N)C1. The van der Waals surface area contributed by atoms with E-state index < -0.39 is 0 Å². The van der Waals surface area contributed by atoms with Gasteiger partial charge in [0.05, 0.1) is 0 Å². The average Bonchev–Trinajstić information content (AvgIpc) is 1.79. The fourth-order valence-corrected chi connectivity index (χ4v) is 1.30. The minimum Gasteiger partial charge on any atom is -0.325 e. The number of nitrogens with two attached hydrogens (primary N) is 1. The van der Waals surface area contributed by atoms with Crippen molar-refractivity contribution in [2.24, 2.45) is 11.7 Å². The lowest BCUT2D eigenvalue weighted by Crippen LogP contribution is -2.59. The number of likely N-dealkylation sites (tertiary alicyclic amines) is 1.